The van der Waals surface area contributed by atoms with E-state index in [0.29, 0.717) is 12.4 Å². The molecule has 1 aromatic carbocycles. The van der Waals surface area contributed by atoms with E-state index in [1.165, 1.54) is 17.3 Å². The highest BCUT2D eigenvalue weighted by atomic mass is 32.2. The lowest BCUT2D eigenvalue weighted by Gasteiger charge is -2.09. The van der Waals surface area contributed by atoms with Gasteiger partial charge in [-0.1, -0.05) is 17.8 Å². The van der Waals surface area contributed by atoms with E-state index in [4.69, 9.17) is 4.74 Å². The van der Waals surface area contributed by atoms with Crippen LogP contribution >= 0.6 is 11.8 Å². The maximum atomic E-state index is 12.5. The number of carbonyl (C=O) groups excluding carboxylic acids is 1. The van der Waals surface area contributed by atoms with E-state index >= 15 is 0 Å². The molecule has 1 aromatic heterocycles. The summed E-state index contributed by atoms with van der Waals surface area (Å²) in [6.45, 7) is 7.57. The van der Waals surface area contributed by atoms with Crippen molar-refractivity contribution in [3.63, 3.8) is 0 Å². The average Bonchev–Trinajstić information content (AvgIpc) is 2.96. The number of ketones is 1. The number of hydrogen-bond donors (Lipinski definition) is 0. The van der Waals surface area contributed by atoms with Gasteiger partial charge in [0.15, 0.2) is 10.9 Å². The Bertz CT molecular complexity index is 682. The van der Waals surface area contributed by atoms with Crippen molar-refractivity contribution in [1.82, 2.24) is 14.8 Å². The smallest absolute Gasteiger partial charge is 0.191 e. The van der Waals surface area contributed by atoms with Crippen molar-refractivity contribution in [3.8, 4) is 0 Å². The summed E-state index contributed by atoms with van der Waals surface area (Å²) in [5, 5.41) is 8.81. The van der Waals surface area contributed by atoms with Crippen molar-refractivity contribution in [1.29, 1.82) is 0 Å². The third-order valence-corrected chi connectivity index (χ3v) is 4.78. The van der Waals surface area contributed by atoms with Crippen LogP contribution in [0, 0.1) is 20.8 Å². The average molecular weight is 333 g/mol. The van der Waals surface area contributed by atoms with Crippen LogP contribution < -0.4 is 0 Å². The normalized spacial score (nSPS) is 11.0. The van der Waals surface area contributed by atoms with Crippen molar-refractivity contribution in [3.05, 3.63) is 40.7 Å². The van der Waals surface area contributed by atoms with Crippen molar-refractivity contribution < 1.29 is 9.53 Å². The molecule has 0 aliphatic carbocycles. The molecule has 0 bridgehead atoms. The number of hydrogen-bond acceptors (Lipinski definition) is 5. The van der Waals surface area contributed by atoms with Gasteiger partial charge in [-0.3, -0.25) is 4.79 Å². The standard InChI is InChI=1S/C17H23N3O2S/c1-12-8-14(3)15(9-13(12)2)16(21)10-23-17-19-18-11-20(17)6-5-7-22-4/h8-9,11H,5-7,10H2,1-4H3. The third-order valence-electron chi connectivity index (χ3n) is 3.80. The van der Waals surface area contributed by atoms with E-state index < -0.39 is 0 Å². The van der Waals surface area contributed by atoms with Crippen LogP contribution in [-0.4, -0.2) is 40.0 Å². The van der Waals surface area contributed by atoms with Crippen LogP contribution in [0.2, 0.25) is 0 Å². The van der Waals surface area contributed by atoms with Gasteiger partial charge in [0.05, 0.1) is 5.75 Å². The number of aryl methyl sites for hydroxylation is 4. The fraction of sp³-hybridized carbons (Fsp3) is 0.471. The zero-order chi connectivity index (χ0) is 16.8. The highest BCUT2D eigenvalue weighted by molar-refractivity contribution is 7.99. The molecule has 6 heteroatoms. The Labute approximate surface area is 141 Å². The Hall–Kier alpha value is -1.66. The van der Waals surface area contributed by atoms with Gasteiger partial charge >= 0.3 is 0 Å². The molecule has 0 radical (unpaired) electrons. The minimum absolute atomic E-state index is 0.127. The van der Waals surface area contributed by atoms with Crippen molar-refractivity contribution >= 4 is 17.5 Å². The number of Topliss-reactive ketones (excluding diaryl/α,β-unsaturated/α-hetero) is 1. The van der Waals surface area contributed by atoms with E-state index in [1.54, 1.807) is 13.4 Å². The molecular formula is C17H23N3O2S. The Morgan fingerprint density at radius 2 is 1.96 bits per heavy atom. The number of benzene rings is 1. The predicted molar refractivity (Wildman–Crippen MR) is 92.2 cm³/mol. The molecule has 0 aliphatic heterocycles. The van der Waals surface area contributed by atoms with Crippen LogP contribution in [0.4, 0.5) is 0 Å². The zero-order valence-corrected chi connectivity index (χ0v) is 14.9. The van der Waals surface area contributed by atoms with Gasteiger partial charge in [0.25, 0.3) is 0 Å². The Kier molecular flexibility index (Phi) is 6.36. The summed E-state index contributed by atoms with van der Waals surface area (Å²) in [4.78, 5) is 12.5. The maximum Gasteiger partial charge on any atom is 0.191 e. The minimum atomic E-state index is 0.127. The van der Waals surface area contributed by atoms with Gasteiger partial charge in [0, 0.05) is 25.8 Å². The van der Waals surface area contributed by atoms with Crippen LogP contribution in [-0.2, 0) is 11.3 Å². The molecule has 0 unspecified atom stereocenters. The lowest BCUT2D eigenvalue weighted by Crippen LogP contribution is -2.08. The maximum absolute atomic E-state index is 12.5. The van der Waals surface area contributed by atoms with Gasteiger partial charge in [0.1, 0.15) is 6.33 Å². The first-order valence-electron chi connectivity index (χ1n) is 7.63. The zero-order valence-electron chi connectivity index (χ0n) is 14.1. The number of aromatic nitrogens is 3. The second-order valence-corrected chi connectivity index (χ2v) is 6.56. The first-order valence-corrected chi connectivity index (χ1v) is 8.62. The van der Waals surface area contributed by atoms with Crippen molar-refractivity contribution in [2.24, 2.45) is 0 Å². The molecule has 0 spiro atoms. The summed E-state index contributed by atoms with van der Waals surface area (Å²) in [5.41, 5.74) is 4.18. The number of rotatable bonds is 8. The number of nitrogens with zero attached hydrogens (tertiary/aromatic N) is 3. The molecule has 0 N–H and O–H groups in total. The molecule has 2 aromatic rings. The molecule has 0 saturated carbocycles. The van der Waals surface area contributed by atoms with Crippen LogP contribution in [0.25, 0.3) is 0 Å². The minimum Gasteiger partial charge on any atom is -0.385 e. The summed E-state index contributed by atoms with van der Waals surface area (Å²) in [6, 6.07) is 4.05. The molecule has 23 heavy (non-hydrogen) atoms. The molecule has 5 nitrogen and oxygen atoms in total. The summed E-state index contributed by atoms with van der Waals surface area (Å²) < 4.78 is 7.02. The second-order valence-electron chi connectivity index (χ2n) is 5.62. The third kappa shape index (κ3) is 4.65. The van der Waals surface area contributed by atoms with Gasteiger partial charge in [-0.15, -0.1) is 10.2 Å². The highest BCUT2D eigenvalue weighted by Crippen LogP contribution is 2.20. The summed E-state index contributed by atoms with van der Waals surface area (Å²) in [6.07, 6.45) is 2.59. The van der Waals surface area contributed by atoms with Gasteiger partial charge < -0.3 is 9.30 Å². The first-order chi connectivity index (χ1) is 11.0. The quantitative estimate of drug-likeness (QED) is 0.422. The topological polar surface area (TPSA) is 57.0 Å². The molecular weight excluding hydrogens is 310 g/mol. The van der Waals surface area contributed by atoms with E-state index in [-0.39, 0.29) is 5.78 Å². The number of thioether (sulfide) groups is 1. The Morgan fingerprint density at radius 3 is 2.70 bits per heavy atom. The second kappa shape index (κ2) is 8.26. The van der Waals surface area contributed by atoms with Crippen LogP contribution in [0.15, 0.2) is 23.6 Å². The van der Waals surface area contributed by atoms with Crippen LogP contribution in [0.3, 0.4) is 0 Å². The Morgan fingerprint density at radius 1 is 1.22 bits per heavy atom. The Balaban J connectivity index is 2.00. The molecule has 124 valence electrons. The lowest BCUT2D eigenvalue weighted by atomic mass is 9.99. The van der Waals surface area contributed by atoms with Gasteiger partial charge in [-0.05, 0) is 49.9 Å². The molecule has 2 rings (SSSR count). The molecule has 1 heterocycles. The molecule has 0 aliphatic rings. The monoisotopic (exact) mass is 333 g/mol. The van der Waals surface area contributed by atoms with Crippen molar-refractivity contribution in [2.75, 3.05) is 19.5 Å². The number of carbonyl (C=O) groups is 1. The largest absolute Gasteiger partial charge is 0.385 e. The summed E-state index contributed by atoms with van der Waals surface area (Å²) >= 11 is 1.43. The van der Waals surface area contributed by atoms with E-state index in [0.717, 1.165) is 34.8 Å². The fourth-order valence-electron chi connectivity index (χ4n) is 2.36. The van der Waals surface area contributed by atoms with Gasteiger partial charge in [-0.2, -0.15) is 0 Å². The molecule has 0 fully saturated rings. The van der Waals surface area contributed by atoms with Crippen molar-refractivity contribution in [2.45, 2.75) is 38.9 Å². The predicted octanol–water partition coefficient (Wildman–Crippen LogP) is 3.21. The van der Waals surface area contributed by atoms with Crippen LogP contribution in [0.1, 0.15) is 33.5 Å². The summed E-state index contributed by atoms with van der Waals surface area (Å²) in [7, 11) is 1.69. The van der Waals surface area contributed by atoms with Gasteiger partial charge in [0.2, 0.25) is 0 Å². The van der Waals surface area contributed by atoms with Crippen LogP contribution in [0.5, 0.6) is 0 Å². The number of ether oxygens (including phenoxy) is 1. The highest BCUT2D eigenvalue weighted by Gasteiger charge is 2.13. The van der Waals surface area contributed by atoms with E-state index in [2.05, 4.69) is 23.2 Å². The SMILES string of the molecule is COCCCn1cnnc1SCC(=O)c1cc(C)c(C)cc1C. The summed E-state index contributed by atoms with van der Waals surface area (Å²) in [5.74, 6) is 0.494. The van der Waals surface area contributed by atoms with E-state index in [1.807, 2.05) is 24.5 Å². The lowest BCUT2D eigenvalue weighted by molar-refractivity contribution is 0.102. The fourth-order valence-corrected chi connectivity index (χ4v) is 3.18. The number of methoxy groups -OCH3 is 1. The molecule has 0 atom stereocenters. The molecule has 0 saturated heterocycles. The first kappa shape index (κ1) is 17.7. The van der Waals surface area contributed by atoms with E-state index in [9.17, 15) is 4.79 Å². The van der Waals surface area contributed by atoms with Gasteiger partial charge in [-0.25, -0.2) is 0 Å². The molecule has 0 amide bonds.